The molecule has 0 heterocycles. The van der Waals surface area contributed by atoms with E-state index in [0.29, 0.717) is 36.9 Å². The van der Waals surface area contributed by atoms with Gasteiger partial charge in [0.05, 0.1) is 6.61 Å². The van der Waals surface area contributed by atoms with Gasteiger partial charge in [0.15, 0.2) is 0 Å². The van der Waals surface area contributed by atoms with E-state index in [1.54, 1.807) is 36.4 Å². The van der Waals surface area contributed by atoms with Crippen molar-refractivity contribution in [2.45, 2.75) is 18.3 Å². The summed E-state index contributed by atoms with van der Waals surface area (Å²) in [6, 6.07) is 10.8. The van der Waals surface area contributed by atoms with Gasteiger partial charge in [0.25, 0.3) is 0 Å². The first-order valence-corrected chi connectivity index (χ1v) is 21.7. The summed E-state index contributed by atoms with van der Waals surface area (Å²) in [6.07, 6.45) is -2.61. The van der Waals surface area contributed by atoms with Gasteiger partial charge >= 0.3 is 0 Å². The predicted molar refractivity (Wildman–Crippen MR) is 223 cm³/mol. The first kappa shape index (κ1) is 44.5. The maximum absolute atomic E-state index is 11.0. The average Bonchev–Trinajstić information content (AvgIpc) is 3.04. The van der Waals surface area contributed by atoms with E-state index in [4.69, 9.17) is 14.2 Å². The van der Waals surface area contributed by atoms with Gasteiger partial charge in [-0.3, -0.25) is 9.80 Å². The van der Waals surface area contributed by atoms with Crippen molar-refractivity contribution in [1.82, 2.24) is 9.80 Å². The number of ether oxygens (including phenoxy) is 3. The zero-order valence-corrected chi connectivity index (χ0v) is 39.9. The summed E-state index contributed by atoms with van der Waals surface area (Å²) in [5.41, 5.74) is 0. The summed E-state index contributed by atoms with van der Waals surface area (Å²) in [5.74, 6) is 1.72. The van der Waals surface area contributed by atoms with Crippen LogP contribution in [0.15, 0.2) is 76.7 Å². The van der Waals surface area contributed by atoms with Crippen molar-refractivity contribution in [2.24, 2.45) is 0 Å². The van der Waals surface area contributed by atoms with E-state index in [-0.39, 0.29) is 46.1 Å². The van der Waals surface area contributed by atoms with E-state index in [1.807, 2.05) is 9.80 Å². The van der Waals surface area contributed by atoms with Crippen molar-refractivity contribution >= 4 is 143 Å². The molecule has 0 aliphatic carbocycles. The van der Waals surface area contributed by atoms with Crippen LogP contribution in [0.4, 0.5) is 0 Å². The minimum atomic E-state index is -0.887. The molecule has 0 fully saturated rings. The minimum absolute atomic E-state index is 0.0171. The van der Waals surface area contributed by atoms with E-state index in [9.17, 15) is 20.4 Å². The van der Waals surface area contributed by atoms with Crippen LogP contribution in [0.2, 0.25) is 0 Å². The van der Waals surface area contributed by atoms with Crippen molar-refractivity contribution in [2.75, 3.05) is 65.7 Å². The molecule has 272 valence electrons. The quantitative estimate of drug-likeness (QED) is 0.0826. The molecule has 3 aromatic rings. The van der Waals surface area contributed by atoms with Gasteiger partial charge < -0.3 is 34.6 Å². The van der Waals surface area contributed by atoms with Crippen molar-refractivity contribution in [3.63, 3.8) is 0 Å². The van der Waals surface area contributed by atoms with Crippen LogP contribution in [0.25, 0.3) is 0 Å². The monoisotopic (exact) mass is 1260 g/mol. The van der Waals surface area contributed by atoms with Gasteiger partial charge in [-0.25, -0.2) is 0 Å². The molecule has 49 heavy (non-hydrogen) atoms. The molecule has 3 atom stereocenters. The Bertz CT molecular complexity index is 1390. The highest BCUT2D eigenvalue weighted by molar-refractivity contribution is 9.15. The molecule has 0 aliphatic heterocycles. The number of hydrogen-bond acceptors (Lipinski definition) is 9. The Balaban J connectivity index is 1.63. The van der Waals surface area contributed by atoms with Crippen molar-refractivity contribution < 1.29 is 34.6 Å². The molecule has 0 radical (unpaired) electrons. The Morgan fingerprint density at radius 2 is 0.714 bits per heavy atom. The van der Waals surface area contributed by atoms with Crippen LogP contribution in [-0.2, 0) is 0 Å². The molecule has 0 aromatic heterocycles. The molecule has 0 amide bonds. The van der Waals surface area contributed by atoms with Crippen molar-refractivity contribution in [1.29, 1.82) is 0 Å². The second kappa shape index (κ2) is 22.5. The van der Waals surface area contributed by atoms with Crippen LogP contribution >= 0.6 is 143 Å². The SMILES string of the molecule is OCCN(CCN(CC(O)COc1cc(Br)c(Br)c(Br)c1)CC(O)COc1cc(Br)c(Br)c(Br)c1)CC(O)COc1cc(Br)c(Br)c(Br)c1. The van der Waals surface area contributed by atoms with E-state index in [2.05, 4.69) is 143 Å². The fourth-order valence-corrected chi connectivity index (χ4v) is 8.57. The second-order valence-corrected chi connectivity index (χ2v) is 18.3. The summed E-state index contributed by atoms with van der Waals surface area (Å²) in [7, 11) is 0. The van der Waals surface area contributed by atoms with Crippen LogP contribution in [0.5, 0.6) is 17.2 Å². The normalized spacial score (nSPS) is 13.5. The predicted octanol–water partition coefficient (Wildman–Crippen LogP) is 8.76. The van der Waals surface area contributed by atoms with Crippen LogP contribution in [0, 0.1) is 0 Å². The van der Waals surface area contributed by atoms with E-state index >= 15 is 0 Å². The lowest BCUT2D eigenvalue weighted by atomic mass is 10.2. The number of rotatable bonds is 20. The van der Waals surface area contributed by atoms with E-state index < -0.39 is 18.3 Å². The molecule has 0 bridgehead atoms. The lowest BCUT2D eigenvalue weighted by Crippen LogP contribution is -2.46. The fraction of sp³-hybridized carbons (Fsp3) is 0.419. The number of nitrogens with zero attached hydrogens (tertiary/aromatic N) is 2. The summed E-state index contributed by atoms with van der Waals surface area (Å²) < 4.78 is 24.9. The highest BCUT2D eigenvalue weighted by Crippen LogP contribution is 2.37. The number of hydrogen-bond donors (Lipinski definition) is 4. The number of halogens is 9. The lowest BCUT2D eigenvalue weighted by molar-refractivity contribution is 0.0211. The van der Waals surface area contributed by atoms with Gasteiger partial charge in [0.2, 0.25) is 0 Å². The molecular weight excluding hydrogens is 1230 g/mol. The molecule has 9 nitrogen and oxygen atoms in total. The second-order valence-electron chi connectivity index (χ2n) is 10.8. The van der Waals surface area contributed by atoms with E-state index in [1.165, 1.54) is 0 Å². The standard InChI is InChI=1S/C31H33Br9N2O7/c32-23-5-20(6-24(33)29(23)38)47-14-17(44)11-41(3-4-43)1-2-42(12-18(45)15-48-21-7-25(34)30(39)26(35)8-21)13-19(46)16-49-22-9-27(36)31(40)28(37)10-22/h5-10,17-19,43-46H,1-4,11-16H2. The number of aliphatic hydroxyl groups is 4. The topological polar surface area (TPSA) is 115 Å². The van der Waals surface area contributed by atoms with Gasteiger partial charge in [-0.2, -0.15) is 0 Å². The van der Waals surface area contributed by atoms with Gasteiger partial charge in [0, 0.05) is 79.5 Å². The lowest BCUT2D eigenvalue weighted by Gasteiger charge is -2.31. The molecule has 0 saturated heterocycles. The van der Waals surface area contributed by atoms with Crippen LogP contribution in [-0.4, -0.2) is 114 Å². The van der Waals surface area contributed by atoms with Gasteiger partial charge in [-0.15, -0.1) is 0 Å². The highest BCUT2D eigenvalue weighted by Gasteiger charge is 2.21. The Hall–Kier alpha value is 1.14. The van der Waals surface area contributed by atoms with Gasteiger partial charge in [0.1, 0.15) is 55.4 Å². The Morgan fingerprint density at radius 3 is 1.00 bits per heavy atom. The smallest absolute Gasteiger partial charge is 0.121 e. The molecule has 3 unspecified atom stereocenters. The third-order valence-electron chi connectivity index (χ3n) is 6.75. The van der Waals surface area contributed by atoms with Crippen LogP contribution < -0.4 is 14.2 Å². The Kier molecular flexibility index (Phi) is 20.5. The van der Waals surface area contributed by atoms with Crippen molar-refractivity contribution in [3.05, 3.63) is 76.7 Å². The minimum Gasteiger partial charge on any atom is -0.491 e. The Labute approximate surface area is 361 Å². The summed E-state index contributed by atoms with van der Waals surface area (Å²) >= 11 is 31.3. The molecular formula is C31H33Br9N2O7. The molecule has 0 aliphatic rings. The van der Waals surface area contributed by atoms with Gasteiger partial charge in [-0.05, 0) is 180 Å². The maximum atomic E-state index is 11.0. The first-order valence-electron chi connectivity index (χ1n) is 14.6. The molecule has 3 aromatic carbocycles. The molecule has 0 saturated carbocycles. The Morgan fingerprint density at radius 1 is 0.449 bits per heavy atom. The third kappa shape index (κ3) is 15.4. The summed E-state index contributed by atoms with van der Waals surface area (Å²) in [5, 5.41) is 42.5. The highest BCUT2D eigenvalue weighted by atomic mass is 79.9. The zero-order valence-electron chi connectivity index (χ0n) is 25.6. The first-order chi connectivity index (χ1) is 23.2. The van der Waals surface area contributed by atoms with E-state index in [0.717, 1.165) is 40.3 Å². The maximum Gasteiger partial charge on any atom is 0.121 e. The summed E-state index contributed by atoms with van der Waals surface area (Å²) in [4.78, 5) is 3.82. The van der Waals surface area contributed by atoms with Crippen LogP contribution in [0.3, 0.4) is 0 Å². The van der Waals surface area contributed by atoms with Crippen molar-refractivity contribution in [3.8, 4) is 17.2 Å². The van der Waals surface area contributed by atoms with Crippen LogP contribution in [0.1, 0.15) is 0 Å². The molecule has 0 spiro atoms. The largest absolute Gasteiger partial charge is 0.491 e. The zero-order chi connectivity index (χ0) is 36.2. The third-order valence-corrected chi connectivity index (χ3v) is 16.3. The molecule has 18 heteroatoms. The number of aliphatic hydroxyl groups excluding tert-OH is 4. The summed E-state index contributed by atoms with van der Waals surface area (Å²) in [6.45, 7) is 1.77. The fourth-order valence-electron chi connectivity index (χ4n) is 4.45. The average molecular weight is 1260 g/mol. The number of benzene rings is 3. The molecule has 4 N–H and O–H groups in total. The molecule has 3 rings (SSSR count). The van der Waals surface area contributed by atoms with Gasteiger partial charge in [-0.1, -0.05) is 0 Å².